The van der Waals surface area contributed by atoms with E-state index in [9.17, 15) is 15.2 Å². The van der Waals surface area contributed by atoms with Crippen LogP contribution in [0.15, 0.2) is 54.7 Å². The fourth-order valence-electron chi connectivity index (χ4n) is 2.84. The molecule has 0 spiro atoms. The van der Waals surface area contributed by atoms with E-state index in [0.717, 1.165) is 22.0 Å². The third-order valence-corrected chi connectivity index (χ3v) is 3.92. The summed E-state index contributed by atoms with van der Waals surface area (Å²) >= 11 is 0. The van der Waals surface area contributed by atoms with Crippen molar-refractivity contribution in [3.8, 4) is 0 Å². The van der Waals surface area contributed by atoms with Crippen LogP contribution in [-0.4, -0.2) is 21.6 Å². The number of para-hydroxylation sites is 1. The fourth-order valence-corrected chi connectivity index (χ4v) is 2.84. The van der Waals surface area contributed by atoms with Gasteiger partial charge in [0.1, 0.15) is 0 Å². The summed E-state index contributed by atoms with van der Waals surface area (Å²) in [5, 5.41) is 21.3. The highest BCUT2D eigenvalue weighted by Crippen LogP contribution is 2.33. The number of nitrogens with one attached hydrogen (secondary N) is 1. The molecule has 3 aromatic rings. The molecule has 5 heteroatoms. The predicted octanol–water partition coefficient (Wildman–Crippen LogP) is 3.59. The third-order valence-electron chi connectivity index (χ3n) is 3.92. The first-order valence-electron chi connectivity index (χ1n) is 7.12. The van der Waals surface area contributed by atoms with Crippen LogP contribution in [0.1, 0.15) is 23.5 Å². The Labute approximate surface area is 127 Å². The number of H-pyrrole nitrogens is 1. The van der Waals surface area contributed by atoms with Gasteiger partial charge < -0.3 is 10.1 Å². The van der Waals surface area contributed by atoms with Crippen molar-refractivity contribution in [3.63, 3.8) is 0 Å². The van der Waals surface area contributed by atoms with Crippen LogP contribution in [0.3, 0.4) is 0 Å². The third kappa shape index (κ3) is 2.58. The quantitative estimate of drug-likeness (QED) is 0.558. The molecule has 1 aromatic heterocycles. The van der Waals surface area contributed by atoms with Gasteiger partial charge in [0, 0.05) is 41.8 Å². The zero-order chi connectivity index (χ0) is 15.5. The number of rotatable bonds is 5. The standard InChI is InChI=1S/C17H16N2O3/c20-10-9-14(12-5-7-13(8-6-12)19(21)22)16-11-18-17-4-2-1-3-15(16)17/h1-8,11,14,18,20H,9-10H2/t14-/m1/s1. The summed E-state index contributed by atoms with van der Waals surface area (Å²) < 4.78 is 0. The van der Waals surface area contributed by atoms with Crippen molar-refractivity contribution >= 4 is 16.6 Å². The maximum atomic E-state index is 10.8. The number of aliphatic hydroxyl groups is 1. The number of benzene rings is 2. The number of aliphatic hydroxyl groups excluding tert-OH is 1. The molecule has 0 aliphatic rings. The van der Waals surface area contributed by atoms with E-state index in [2.05, 4.69) is 4.98 Å². The maximum Gasteiger partial charge on any atom is 0.269 e. The number of aromatic amines is 1. The lowest BCUT2D eigenvalue weighted by atomic mass is 9.88. The van der Waals surface area contributed by atoms with E-state index in [1.54, 1.807) is 12.1 Å². The molecule has 2 N–H and O–H groups in total. The molecule has 0 bridgehead atoms. The van der Waals surface area contributed by atoms with E-state index in [4.69, 9.17) is 0 Å². The smallest absolute Gasteiger partial charge is 0.269 e. The minimum atomic E-state index is -0.406. The van der Waals surface area contributed by atoms with Gasteiger partial charge in [0.25, 0.3) is 5.69 Å². The van der Waals surface area contributed by atoms with E-state index in [-0.39, 0.29) is 18.2 Å². The normalized spacial score (nSPS) is 12.4. The molecular weight excluding hydrogens is 280 g/mol. The molecule has 2 aromatic carbocycles. The van der Waals surface area contributed by atoms with Crippen molar-refractivity contribution in [1.82, 2.24) is 4.98 Å². The van der Waals surface area contributed by atoms with Crippen molar-refractivity contribution in [2.24, 2.45) is 0 Å². The second-order valence-electron chi connectivity index (χ2n) is 5.20. The Bertz CT molecular complexity index is 793. The van der Waals surface area contributed by atoms with E-state index >= 15 is 0 Å². The Morgan fingerprint density at radius 3 is 2.55 bits per heavy atom. The Morgan fingerprint density at radius 2 is 1.86 bits per heavy atom. The van der Waals surface area contributed by atoms with Gasteiger partial charge in [-0.2, -0.15) is 0 Å². The molecule has 5 nitrogen and oxygen atoms in total. The second-order valence-corrected chi connectivity index (χ2v) is 5.20. The first kappa shape index (κ1) is 14.3. The van der Waals surface area contributed by atoms with Crippen LogP contribution in [0.4, 0.5) is 5.69 Å². The highest BCUT2D eigenvalue weighted by atomic mass is 16.6. The minimum absolute atomic E-state index is 0.00181. The van der Waals surface area contributed by atoms with Crippen molar-refractivity contribution in [2.45, 2.75) is 12.3 Å². The summed E-state index contributed by atoms with van der Waals surface area (Å²) in [5.74, 6) is 0.00181. The summed E-state index contributed by atoms with van der Waals surface area (Å²) in [7, 11) is 0. The number of fused-ring (bicyclic) bond motifs is 1. The summed E-state index contributed by atoms with van der Waals surface area (Å²) in [4.78, 5) is 13.6. The fraction of sp³-hybridized carbons (Fsp3) is 0.176. The lowest BCUT2D eigenvalue weighted by molar-refractivity contribution is -0.384. The van der Waals surface area contributed by atoms with Gasteiger partial charge in [-0.05, 0) is 23.6 Å². The average molecular weight is 296 g/mol. The maximum absolute atomic E-state index is 10.8. The summed E-state index contributed by atoms with van der Waals surface area (Å²) in [6.07, 6.45) is 2.52. The molecule has 1 heterocycles. The molecule has 0 amide bonds. The van der Waals surface area contributed by atoms with Gasteiger partial charge in [-0.15, -0.1) is 0 Å². The predicted molar refractivity (Wildman–Crippen MR) is 84.9 cm³/mol. The monoisotopic (exact) mass is 296 g/mol. The van der Waals surface area contributed by atoms with Gasteiger partial charge >= 0.3 is 0 Å². The van der Waals surface area contributed by atoms with E-state index in [0.29, 0.717) is 6.42 Å². The summed E-state index contributed by atoms with van der Waals surface area (Å²) in [6.45, 7) is 0.0567. The number of nitro groups is 1. The van der Waals surface area contributed by atoms with Crippen LogP contribution in [0.25, 0.3) is 10.9 Å². The molecule has 22 heavy (non-hydrogen) atoms. The lowest BCUT2D eigenvalue weighted by Gasteiger charge is -2.16. The Kier molecular flexibility index (Phi) is 3.89. The van der Waals surface area contributed by atoms with Gasteiger partial charge in [0.05, 0.1) is 4.92 Å². The molecule has 0 aliphatic carbocycles. The zero-order valence-electron chi connectivity index (χ0n) is 11.9. The SMILES string of the molecule is O=[N+]([O-])c1ccc([C@@H](CCO)c2c[nH]c3ccccc23)cc1. The van der Waals surface area contributed by atoms with E-state index in [1.807, 2.05) is 30.5 Å². The molecule has 0 aliphatic heterocycles. The molecule has 0 fully saturated rings. The van der Waals surface area contributed by atoms with Crippen LogP contribution in [0, 0.1) is 10.1 Å². The number of non-ortho nitro benzene ring substituents is 1. The first-order valence-corrected chi connectivity index (χ1v) is 7.12. The molecular formula is C17H16N2O3. The van der Waals surface area contributed by atoms with Crippen molar-refractivity contribution in [1.29, 1.82) is 0 Å². The van der Waals surface area contributed by atoms with Gasteiger partial charge in [-0.3, -0.25) is 10.1 Å². The molecule has 112 valence electrons. The molecule has 1 atom stereocenters. The average Bonchev–Trinajstić information content (AvgIpc) is 2.96. The van der Waals surface area contributed by atoms with Crippen molar-refractivity contribution in [2.75, 3.05) is 6.61 Å². The van der Waals surface area contributed by atoms with Crippen LogP contribution >= 0.6 is 0 Å². The van der Waals surface area contributed by atoms with Crippen LogP contribution in [-0.2, 0) is 0 Å². The number of nitro benzene ring substituents is 1. The highest BCUT2D eigenvalue weighted by molar-refractivity contribution is 5.84. The molecule has 0 unspecified atom stereocenters. The van der Waals surface area contributed by atoms with Crippen molar-refractivity contribution in [3.05, 3.63) is 76.0 Å². The minimum Gasteiger partial charge on any atom is -0.396 e. The zero-order valence-corrected chi connectivity index (χ0v) is 11.9. The Balaban J connectivity index is 2.04. The Hall–Kier alpha value is -2.66. The molecule has 3 rings (SSSR count). The van der Waals surface area contributed by atoms with Crippen LogP contribution < -0.4 is 0 Å². The molecule has 0 radical (unpaired) electrons. The van der Waals surface area contributed by atoms with E-state index < -0.39 is 4.92 Å². The number of nitrogens with zero attached hydrogens (tertiary/aromatic N) is 1. The second kappa shape index (κ2) is 5.99. The summed E-state index contributed by atoms with van der Waals surface area (Å²) in [5.41, 5.74) is 3.18. The van der Waals surface area contributed by atoms with Gasteiger partial charge in [-0.1, -0.05) is 30.3 Å². The van der Waals surface area contributed by atoms with Crippen LogP contribution in [0.2, 0.25) is 0 Å². The first-order chi connectivity index (χ1) is 10.7. The number of aromatic nitrogens is 1. The van der Waals surface area contributed by atoms with Gasteiger partial charge in [-0.25, -0.2) is 0 Å². The Morgan fingerprint density at radius 1 is 1.14 bits per heavy atom. The molecule has 0 saturated carbocycles. The number of hydrogen-bond acceptors (Lipinski definition) is 3. The van der Waals surface area contributed by atoms with Crippen molar-refractivity contribution < 1.29 is 10.0 Å². The summed E-state index contributed by atoms with van der Waals surface area (Å²) in [6, 6.07) is 14.5. The highest BCUT2D eigenvalue weighted by Gasteiger charge is 2.18. The van der Waals surface area contributed by atoms with Gasteiger partial charge in [0.15, 0.2) is 0 Å². The lowest BCUT2D eigenvalue weighted by Crippen LogP contribution is -2.03. The van der Waals surface area contributed by atoms with Gasteiger partial charge in [0.2, 0.25) is 0 Å². The largest absolute Gasteiger partial charge is 0.396 e. The number of hydrogen-bond donors (Lipinski definition) is 2. The van der Waals surface area contributed by atoms with Crippen LogP contribution in [0.5, 0.6) is 0 Å². The topological polar surface area (TPSA) is 79.2 Å². The molecule has 0 saturated heterocycles. The van der Waals surface area contributed by atoms with E-state index in [1.165, 1.54) is 12.1 Å².